The fourth-order valence-corrected chi connectivity index (χ4v) is 4.17. The van der Waals surface area contributed by atoms with E-state index in [0.29, 0.717) is 6.04 Å². The van der Waals surface area contributed by atoms with Crippen molar-refractivity contribution < 1.29 is 13.2 Å². The third kappa shape index (κ3) is 6.33. The van der Waals surface area contributed by atoms with Crippen LogP contribution >= 0.6 is 0 Å². The van der Waals surface area contributed by atoms with E-state index in [1.165, 1.54) is 11.1 Å². The van der Waals surface area contributed by atoms with E-state index in [1.54, 1.807) is 0 Å². The van der Waals surface area contributed by atoms with Crippen LogP contribution in [-0.4, -0.2) is 30.2 Å². The number of nitrogens with zero attached hydrogens (tertiary/aromatic N) is 1. The van der Waals surface area contributed by atoms with E-state index in [-0.39, 0.29) is 12.3 Å². The van der Waals surface area contributed by atoms with Gasteiger partial charge >= 0.3 is 6.18 Å². The molecule has 0 amide bonds. The Kier molecular flexibility index (Phi) is 7.39. The zero-order chi connectivity index (χ0) is 20.9. The topological polar surface area (TPSA) is 3.24 Å². The molecule has 1 aliphatic carbocycles. The minimum absolute atomic E-state index is 0.243. The van der Waals surface area contributed by atoms with Crippen molar-refractivity contribution in [2.24, 2.45) is 5.92 Å². The highest BCUT2D eigenvalue weighted by molar-refractivity contribution is 5.30. The summed E-state index contributed by atoms with van der Waals surface area (Å²) in [4.78, 5) is 2.56. The van der Waals surface area contributed by atoms with Crippen LogP contribution < -0.4 is 0 Å². The highest BCUT2D eigenvalue weighted by Crippen LogP contribution is 2.56. The summed E-state index contributed by atoms with van der Waals surface area (Å²) in [7, 11) is 0. The summed E-state index contributed by atoms with van der Waals surface area (Å²) in [6, 6.07) is 18.9. The molecule has 2 aromatic carbocycles. The molecule has 1 saturated carbocycles. The molecular formula is C25H32F3N. The Labute approximate surface area is 172 Å². The lowest BCUT2D eigenvalue weighted by atomic mass is 10.0. The van der Waals surface area contributed by atoms with Gasteiger partial charge < -0.3 is 4.90 Å². The molecule has 2 aromatic rings. The molecule has 0 heterocycles. The van der Waals surface area contributed by atoms with Gasteiger partial charge in [-0.2, -0.15) is 13.2 Å². The van der Waals surface area contributed by atoms with Crippen molar-refractivity contribution in [1.82, 2.24) is 4.90 Å². The fourth-order valence-electron chi connectivity index (χ4n) is 4.17. The Morgan fingerprint density at radius 2 is 1.59 bits per heavy atom. The second-order valence-corrected chi connectivity index (χ2v) is 8.39. The average Bonchev–Trinajstić information content (AvgIpc) is 3.52. The summed E-state index contributed by atoms with van der Waals surface area (Å²) in [6.07, 6.45) is 0.398. The second kappa shape index (κ2) is 9.80. The molecule has 4 heteroatoms. The van der Waals surface area contributed by atoms with Crippen LogP contribution in [0.4, 0.5) is 13.2 Å². The van der Waals surface area contributed by atoms with Gasteiger partial charge in [-0.1, -0.05) is 61.5 Å². The number of alkyl halides is 3. The van der Waals surface area contributed by atoms with Gasteiger partial charge in [0.15, 0.2) is 0 Å². The maximum absolute atomic E-state index is 12.8. The fraction of sp³-hybridized carbons (Fsp3) is 0.520. The molecule has 0 radical (unpaired) electrons. The Hall–Kier alpha value is -1.81. The average molecular weight is 404 g/mol. The summed E-state index contributed by atoms with van der Waals surface area (Å²) in [5.74, 6) is -1.47. The molecular weight excluding hydrogens is 371 g/mol. The van der Waals surface area contributed by atoms with Crippen molar-refractivity contribution in [3.63, 3.8) is 0 Å². The Morgan fingerprint density at radius 3 is 2.17 bits per heavy atom. The van der Waals surface area contributed by atoms with Gasteiger partial charge in [-0.3, -0.25) is 0 Å². The third-order valence-electron chi connectivity index (χ3n) is 6.13. The standard InChI is InChI=1S/C25H32F3N/c1-3-16-29(17-15-20-7-5-4-6-8-20)19(2)9-10-21-11-13-22(14-12-21)23-18-24(23)25(26,27)28/h4-8,11-14,19,23-24H,3,9-10,15-18H2,1-2H3. The first-order valence-electron chi connectivity index (χ1n) is 10.8. The summed E-state index contributed by atoms with van der Waals surface area (Å²) < 4.78 is 38.3. The van der Waals surface area contributed by atoms with Crippen LogP contribution in [0.15, 0.2) is 54.6 Å². The Morgan fingerprint density at radius 1 is 0.931 bits per heavy atom. The van der Waals surface area contributed by atoms with Crippen molar-refractivity contribution in [2.45, 2.75) is 64.1 Å². The summed E-state index contributed by atoms with van der Waals surface area (Å²) >= 11 is 0. The molecule has 158 valence electrons. The molecule has 0 N–H and O–H groups in total. The van der Waals surface area contributed by atoms with Gasteiger partial charge in [-0.05, 0) is 68.2 Å². The van der Waals surface area contributed by atoms with E-state index < -0.39 is 12.1 Å². The SMILES string of the molecule is CCCN(CCc1ccccc1)C(C)CCc1ccc(C2CC2C(F)(F)F)cc1. The quantitative estimate of drug-likeness (QED) is 0.430. The van der Waals surface area contributed by atoms with Crippen LogP contribution in [0.2, 0.25) is 0 Å². The van der Waals surface area contributed by atoms with Crippen LogP contribution in [0.1, 0.15) is 55.7 Å². The van der Waals surface area contributed by atoms with E-state index in [4.69, 9.17) is 0 Å². The molecule has 1 fully saturated rings. The Bertz CT molecular complexity index is 739. The predicted octanol–water partition coefficient (Wildman–Crippen LogP) is 6.63. The molecule has 1 aliphatic rings. The van der Waals surface area contributed by atoms with Crippen LogP contribution in [0.25, 0.3) is 0 Å². The molecule has 0 bridgehead atoms. The smallest absolute Gasteiger partial charge is 0.300 e. The number of benzene rings is 2. The molecule has 3 rings (SSSR count). The number of aryl methyl sites for hydroxylation is 1. The van der Waals surface area contributed by atoms with E-state index in [2.05, 4.69) is 43.0 Å². The largest absolute Gasteiger partial charge is 0.392 e. The summed E-state index contributed by atoms with van der Waals surface area (Å²) in [5, 5.41) is 0. The molecule has 0 aromatic heterocycles. The van der Waals surface area contributed by atoms with Crippen molar-refractivity contribution in [2.75, 3.05) is 13.1 Å². The third-order valence-corrected chi connectivity index (χ3v) is 6.13. The van der Waals surface area contributed by atoms with Crippen molar-refractivity contribution in [1.29, 1.82) is 0 Å². The maximum atomic E-state index is 12.8. The summed E-state index contributed by atoms with van der Waals surface area (Å²) in [6.45, 7) is 6.64. The van der Waals surface area contributed by atoms with Gasteiger partial charge in [0, 0.05) is 12.6 Å². The molecule has 1 nitrogen and oxygen atoms in total. The highest BCUT2D eigenvalue weighted by atomic mass is 19.4. The first-order valence-corrected chi connectivity index (χ1v) is 10.8. The normalized spacial score (nSPS) is 20.1. The number of halogens is 3. The minimum Gasteiger partial charge on any atom is -0.300 e. The van der Waals surface area contributed by atoms with Gasteiger partial charge in [0.25, 0.3) is 0 Å². The molecule has 29 heavy (non-hydrogen) atoms. The maximum Gasteiger partial charge on any atom is 0.392 e. The zero-order valence-electron chi connectivity index (χ0n) is 17.5. The first kappa shape index (κ1) is 21.9. The first-order chi connectivity index (χ1) is 13.9. The predicted molar refractivity (Wildman–Crippen MR) is 113 cm³/mol. The Balaban J connectivity index is 1.48. The van der Waals surface area contributed by atoms with Gasteiger partial charge in [0.2, 0.25) is 0 Å². The van der Waals surface area contributed by atoms with E-state index in [9.17, 15) is 13.2 Å². The van der Waals surface area contributed by atoms with Crippen LogP contribution in [-0.2, 0) is 12.8 Å². The lowest BCUT2D eigenvalue weighted by Crippen LogP contribution is -2.35. The van der Waals surface area contributed by atoms with Crippen molar-refractivity contribution in [3.8, 4) is 0 Å². The van der Waals surface area contributed by atoms with E-state index in [0.717, 1.165) is 44.3 Å². The number of hydrogen-bond acceptors (Lipinski definition) is 1. The van der Waals surface area contributed by atoms with Crippen LogP contribution in [0.3, 0.4) is 0 Å². The number of rotatable bonds is 10. The molecule has 0 aliphatic heterocycles. The van der Waals surface area contributed by atoms with E-state index >= 15 is 0 Å². The minimum atomic E-state index is -4.05. The summed E-state index contributed by atoms with van der Waals surface area (Å²) in [5.41, 5.74) is 3.41. The molecule has 3 unspecified atom stereocenters. The van der Waals surface area contributed by atoms with Crippen molar-refractivity contribution in [3.05, 3.63) is 71.3 Å². The second-order valence-electron chi connectivity index (χ2n) is 8.39. The van der Waals surface area contributed by atoms with Gasteiger partial charge in [0.05, 0.1) is 5.92 Å². The number of hydrogen-bond donors (Lipinski definition) is 0. The van der Waals surface area contributed by atoms with Gasteiger partial charge in [-0.15, -0.1) is 0 Å². The van der Waals surface area contributed by atoms with Gasteiger partial charge in [0.1, 0.15) is 0 Å². The zero-order valence-corrected chi connectivity index (χ0v) is 17.5. The van der Waals surface area contributed by atoms with Crippen LogP contribution in [0, 0.1) is 5.92 Å². The van der Waals surface area contributed by atoms with Crippen molar-refractivity contribution >= 4 is 0 Å². The molecule has 3 atom stereocenters. The molecule has 0 saturated heterocycles. The molecule has 0 spiro atoms. The van der Waals surface area contributed by atoms with E-state index in [1.807, 2.05) is 30.3 Å². The lowest BCUT2D eigenvalue weighted by Gasteiger charge is -2.29. The van der Waals surface area contributed by atoms with Crippen LogP contribution in [0.5, 0.6) is 0 Å². The monoisotopic (exact) mass is 403 g/mol. The highest BCUT2D eigenvalue weighted by Gasteiger charge is 2.55. The van der Waals surface area contributed by atoms with Gasteiger partial charge in [-0.25, -0.2) is 0 Å². The lowest BCUT2D eigenvalue weighted by molar-refractivity contribution is -0.148.